The first-order chi connectivity index (χ1) is 8.70. The molecule has 0 bridgehead atoms. The number of hydrogen-bond acceptors (Lipinski definition) is 2. The zero-order valence-corrected chi connectivity index (χ0v) is 10.9. The monoisotopic (exact) mass is 247 g/mol. The number of carbonyl (C=O) groups is 1. The molecular weight excluding hydrogens is 226 g/mol. The van der Waals surface area contributed by atoms with E-state index >= 15 is 0 Å². The van der Waals surface area contributed by atoms with Gasteiger partial charge in [0.1, 0.15) is 0 Å². The third-order valence-electron chi connectivity index (χ3n) is 3.78. The average Bonchev–Trinajstić information content (AvgIpc) is 2.39. The molecule has 0 amide bonds. The SMILES string of the molecule is CCC1CCCCN1Cc1cccc(C(=O)O)c1. The van der Waals surface area contributed by atoms with Crippen molar-refractivity contribution in [1.29, 1.82) is 0 Å². The molecule has 1 unspecified atom stereocenters. The molecule has 1 aromatic rings. The highest BCUT2D eigenvalue weighted by Gasteiger charge is 2.20. The lowest BCUT2D eigenvalue weighted by Gasteiger charge is -2.35. The summed E-state index contributed by atoms with van der Waals surface area (Å²) >= 11 is 0. The van der Waals surface area contributed by atoms with E-state index in [2.05, 4.69) is 11.8 Å². The van der Waals surface area contributed by atoms with Crippen LogP contribution in [-0.2, 0) is 6.54 Å². The van der Waals surface area contributed by atoms with Crippen molar-refractivity contribution in [2.45, 2.75) is 45.2 Å². The molecule has 0 aliphatic carbocycles. The minimum Gasteiger partial charge on any atom is -0.478 e. The summed E-state index contributed by atoms with van der Waals surface area (Å²) in [5.74, 6) is -0.845. The molecule has 3 heteroatoms. The van der Waals surface area contributed by atoms with E-state index in [4.69, 9.17) is 5.11 Å². The van der Waals surface area contributed by atoms with Crippen LogP contribution in [0.4, 0.5) is 0 Å². The Morgan fingerprint density at radius 3 is 3.00 bits per heavy atom. The fourth-order valence-electron chi connectivity index (χ4n) is 2.77. The van der Waals surface area contributed by atoms with Crippen LogP contribution in [0.25, 0.3) is 0 Å². The summed E-state index contributed by atoms with van der Waals surface area (Å²) in [7, 11) is 0. The van der Waals surface area contributed by atoms with Gasteiger partial charge in [0, 0.05) is 12.6 Å². The molecule has 1 atom stereocenters. The molecule has 0 saturated carbocycles. The van der Waals surface area contributed by atoms with Gasteiger partial charge in [-0.1, -0.05) is 25.5 Å². The van der Waals surface area contributed by atoms with Crippen LogP contribution in [-0.4, -0.2) is 28.6 Å². The number of nitrogens with zero attached hydrogens (tertiary/aromatic N) is 1. The minimum atomic E-state index is -0.845. The Morgan fingerprint density at radius 1 is 1.44 bits per heavy atom. The maximum absolute atomic E-state index is 11.0. The van der Waals surface area contributed by atoms with Crippen molar-refractivity contribution < 1.29 is 9.90 Å². The number of aromatic carboxylic acids is 1. The van der Waals surface area contributed by atoms with Crippen LogP contribution in [0.1, 0.15) is 48.5 Å². The van der Waals surface area contributed by atoms with Crippen LogP contribution in [0.3, 0.4) is 0 Å². The van der Waals surface area contributed by atoms with Crippen LogP contribution >= 0.6 is 0 Å². The molecule has 98 valence electrons. The summed E-state index contributed by atoms with van der Waals surface area (Å²) < 4.78 is 0. The van der Waals surface area contributed by atoms with Crippen LogP contribution in [0.5, 0.6) is 0 Å². The normalized spacial score (nSPS) is 20.8. The van der Waals surface area contributed by atoms with Crippen LogP contribution < -0.4 is 0 Å². The largest absolute Gasteiger partial charge is 0.478 e. The number of carboxylic acids is 1. The zero-order valence-electron chi connectivity index (χ0n) is 10.9. The number of piperidine rings is 1. The molecule has 3 nitrogen and oxygen atoms in total. The van der Waals surface area contributed by atoms with Crippen molar-refractivity contribution in [2.75, 3.05) is 6.54 Å². The second-order valence-corrected chi connectivity index (χ2v) is 5.03. The van der Waals surface area contributed by atoms with Crippen LogP contribution in [0.2, 0.25) is 0 Å². The lowest BCUT2D eigenvalue weighted by molar-refractivity contribution is 0.0696. The van der Waals surface area contributed by atoms with Gasteiger partial charge < -0.3 is 5.11 Å². The molecule has 1 aliphatic heterocycles. The fraction of sp³-hybridized carbons (Fsp3) is 0.533. The van der Waals surface area contributed by atoms with Gasteiger partial charge >= 0.3 is 5.97 Å². The van der Waals surface area contributed by atoms with Gasteiger partial charge in [0.2, 0.25) is 0 Å². The van der Waals surface area contributed by atoms with Gasteiger partial charge in [-0.15, -0.1) is 0 Å². The number of carboxylic acid groups (broad SMARTS) is 1. The third kappa shape index (κ3) is 3.10. The second-order valence-electron chi connectivity index (χ2n) is 5.03. The van der Waals surface area contributed by atoms with Gasteiger partial charge in [-0.3, -0.25) is 4.90 Å². The molecule has 1 heterocycles. The van der Waals surface area contributed by atoms with E-state index in [1.807, 2.05) is 12.1 Å². The summed E-state index contributed by atoms with van der Waals surface area (Å²) in [5, 5.41) is 9.00. The summed E-state index contributed by atoms with van der Waals surface area (Å²) in [4.78, 5) is 13.4. The highest BCUT2D eigenvalue weighted by atomic mass is 16.4. The number of rotatable bonds is 4. The molecule has 0 radical (unpaired) electrons. The average molecular weight is 247 g/mol. The molecule has 0 spiro atoms. The first-order valence-corrected chi connectivity index (χ1v) is 6.77. The summed E-state index contributed by atoms with van der Waals surface area (Å²) in [5.41, 5.74) is 1.49. The van der Waals surface area contributed by atoms with Gasteiger partial charge in [0.25, 0.3) is 0 Å². The molecule has 1 fully saturated rings. The van der Waals surface area contributed by atoms with E-state index in [0.29, 0.717) is 11.6 Å². The number of likely N-dealkylation sites (tertiary alicyclic amines) is 1. The summed E-state index contributed by atoms with van der Waals surface area (Å²) in [6.07, 6.45) is 5.03. The predicted molar refractivity (Wildman–Crippen MR) is 71.7 cm³/mol. The molecule has 1 aliphatic rings. The molecule has 1 saturated heterocycles. The highest BCUT2D eigenvalue weighted by molar-refractivity contribution is 5.87. The zero-order chi connectivity index (χ0) is 13.0. The van der Waals surface area contributed by atoms with Crippen molar-refractivity contribution in [3.63, 3.8) is 0 Å². The maximum atomic E-state index is 11.0. The van der Waals surface area contributed by atoms with Crippen LogP contribution in [0, 0.1) is 0 Å². The van der Waals surface area contributed by atoms with E-state index in [9.17, 15) is 4.79 Å². The minimum absolute atomic E-state index is 0.387. The predicted octanol–water partition coefficient (Wildman–Crippen LogP) is 3.15. The molecule has 2 rings (SSSR count). The molecule has 1 aromatic carbocycles. The van der Waals surface area contributed by atoms with Crippen molar-refractivity contribution in [3.8, 4) is 0 Å². The topological polar surface area (TPSA) is 40.5 Å². The van der Waals surface area contributed by atoms with Crippen molar-refractivity contribution in [2.24, 2.45) is 0 Å². The van der Waals surface area contributed by atoms with Crippen molar-refractivity contribution in [3.05, 3.63) is 35.4 Å². The van der Waals surface area contributed by atoms with Gasteiger partial charge in [0.05, 0.1) is 5.56 Å². The van der Waals surface area contributed by atoms with Crippen molar-refractivity contribution in [1.82, 2.24) is 4.90 Å². The summed E-state index contributed by atoms with van der Waals surface area (Å²) in [6.45, 7) is 4.24. The first-order valence-electron chi connectivity index (χ1n) is 6.77. The first kappa shape index (κ1) is 13.1. The molecule has 0 aromatic heterocycles. The Balaban J connectivity index is 2.07. The quantitative estimate of drug-likeness (QED) is 0.888. The van der Waals surface area contributed by atoms with E-state index in [-0.39, 0.29) is 0 Å². The third-order valence-corrected chi connectivity index (χ3v) is 3.78. The molecule has 1 N–H and O–H groups in total. The van der Waals surface area contributed by atoms with E-state index in [0.717, 1.165) is 18.7 Å². The lowest BCUT2D eigenvalue weighted by atomic mass is 9.99. The summed E-state index contributed by atoms with van der Waals surface area (Å²) in [6, 6.07) is 7.97. The highest BCUT2D eigenvalue weighted by Crippen LogP contribution is 2.21. The van der Waals surface area contributed by atoms with Gasteiger partial charge in [-0.2, -0.15) is 0 Å². The Kier molecular flexibility index (Phi) is 4.37. The molecular formula is C15H21NO2. The Bertz CT molecular complexity index is 417. The van der Waals surface area contributed by atoms with Crippen LogP contribution in [0.15, 0.2) is 24.3 Å². The number of hydrogen-bond donors (Lipinski definition) is 1. The number of benzene rings is 1. The van der Waals surface area contributed by atoms with E-state index < -0.39 is 5.97 Å². The fourth-order valence-corrected chi connectivity index (χ4v) is 2.77. The standard InChI is InChI=1S/C15H21NO2/c1-2-14-8-3-4-9-16(14)11-12-6-5-7-13(10-12)15(17)18/h5-7,10,14H,2-4,8-9,11H2,1H3,(H,17,18). The maximum Gasteiger partial charge on any atom is 0.335 e. The lowest BCUT2D eigenvalue weighted by Crippen LogP contribution is -2.38. The van der Waals surface area contributed by atoms with Gasteiger partial charge in [-0.05, 0) is 43.5 Å². The van der Waals surface area contributed by atoms with Gasteiger partial charge in [0.15, 0.2) is 0 Å². The van der Waals surface area contributed by atoms with E-state index in [1.165, 1.54) is 25.7 Å². The second kappa shape index (κ2) is 6.01. The smallest absolute Gasteiger partial charge is 0.335 e. The Hall–Kier alpha value is -1.35. The molecule has 18 heavy (non-hydrogen) atoms. The van der Waals surface area contributed by atoms with Crippen molar-refractivity contribution >= 4 is 5.97 Å². The van der Waals surface area contributed by atoms with E-state index in [1.54, 1.807) is 12.1 Å². The Labute approximate surface area is 108 Å². The Morgan fingerprint density at radius 2 is 2.28 bits per heavy atom. The van der Waals surface area contributed by atoms with Gasteiger partial charge in [-0.25, -0.2) is 4.79 Å².